The number of benzene rings is 1. The van der Waals surface area contributed by atoms with Crippen molar-refractivity contribution in [2.75, 3.05) is 13.1 Å². The molecule has 1 saturated heterocycles. The number of hydrogen-bond donors (Lipinski definition) is 1. The van der Waals surface area contributed by atoms with Gasteiger partial charge in [-0.15, -0.1) is 0 Å². The van der Waals surface area contributed by atoms with Gasteiger partial charge in [0.1, 0.15) is 12.4 Å². The fourth-order valence-corrected chi connectivity index (χ4v) is 3.98. The van der Waals surface area contributed by atoms with Crippen molar-refractivity contribution in [2.24, 2.45) is 14.1 Å². The van der Waals surface area contributed by atoms with E-state index in [9.17, 15) is 23.6 Å². The third kappa shape index (κ3) is 3.81. The van der Waals surface area contributed by atoms with Crippen LogP contribution in [-0.4, -0.2) is 54.5 Å². The predicted octanol–water partition coefficient (Wildman–Crippen LogP) is -0.00620. The molecular formula is C21H23FN6O4. The van der Waals surface area contributed by atoms with Crippen LogP contribution in [-0.2, 0) is 25.4 Å². The van der Waals surface area contributed by atoms with E-state index >= 15 is 0 Å². The number of halogens is 1. The molecule has 32 heavy (non-hydrogen) atoms. The molecule has 2 aromatic heterocycles. The second kappa shape index (κ2) is 8.40. The summed E-state index contributed by atoms with van der Waals surface area (Å²) in [5, 5.41) is 2.83. The molecule has 1 aromatic carbocycles. The number of aromatic nitrogens is 4. The fourth-order valence-electron chi connectivity index (χ4n) is 3.98. The molecule has 0 radical (unpaired) electrons. The van der Waals surface area contributed by atoms with E-state index in [1.165, 1.54) is 40.7 Å². The van der Waals surface area contributed by atoms with Crippen molar-refractivity contribution in [3.05, 3.63) is 62.8 Å². The molecule has 0 aliphatic carbocycles. The number of amides is 2. The Morgan fingerprint density at radius 2 is 1.84 bits per heavy atom. The Labute approximate surface area is 181 Å². The highest BCUT2D eigenvalue weighted by atomic mass is 19.1. The Morgan fingerprint density at radius 1 is 1.16 bits per heavy atom. The second-order valence-corrected chi connectivity index (χ2v) is 7.87. The average molecular weight is 442 g/mol. The summed E-state index contributed by atoms with van der Waals surface area (Å²) in [6.07, 6.45) is 2.41. The average Bonchev–Trinajstić information content (AvgIpc) is 3.17. The van der Waals surface area contributed by atoms with Gasteiger partial charge in [-0.2, -0.15) is 0 Å². The van der Waals surface area contributed by atoms with Crippen molar-refractivity contribution in [1.82, 2.24) is 28.9 Å². The van der Waals surface area contributed by atoms with E-state index < -0.39 is 29.5 Å². The van der Waals surface area contributed by atoms with Crippen LogP contribution in [0.1, 0.15) is 23.2 Å². The van der Waals surface area contributed by atoms with E-state index in [-0.39, 0.29) is 28.7 Å². The summed E-state index contributed by atoms with van der Waals surface area (Å²) in [6, 6.07) is 5.61. The molecule has 0 atom stereocenters. The topological polar surface area (TPSA) is 111 Å². The Bertz CT molecular complexity index is 1320. The van der Waals surface area contributed by atoms with Gasteiger partial charge in [0.05, 0.1) is 11.9 Å². The molecule has 10 nitrogen and oxygen atoms in total. The van der Waals surface area contributed by atoms with Crippen LogP contribution < -0.4 is 16.6 Å². The number of nitrogens with zero attached hydrogens (tertiary/aromatic N) is 5. The van der Waals surface area contributed by atoms with E-state index in [1.54, 1.807) is 18.0 Å². The number of carbonyl (C=O) groups excluding carboxylic acids is 2. The first-order valence-corrected chi connectivity index (χ1v) is 10.2. The van der Waals surface area contributed by atoms with Gasteiger partial charge in [-0.1, -0.05) is 12.1 Å². The molecule has 11 heteroatoms. The quantitative estimate of drug-likeness (QED) is 0.611. The van der Waals surface area contributed by atoms with Gasteiger partial charge in [-0.05, 0) is 25.0 Å². The van der Waals surface area contributed by atoms with Crippen molar-refractivity contribution in [2.45, 2.75) is 25.4 Å². The monoisotopic (exact) mass is 442 g/mol. The zero-order valence-electron chi connectivity index (χ0n) is 17.7. The normalized spacial score (nSPS) is 14.7. The lowest BCUT2D eigenvalue weighted by Gasteiger charge is -2.32. The van der Waals surface area contributed by atoms with E-state index in [1.807, 2.05) is 0 Å². The van der Waals surface area contributed by atoms with Crippen LogP contribution in [0.25, 0.3) is 11.2 Å². The van der Waals surface area contributed by atoms with E-state index in [0.29, 0.717) is 25.9 Å². The van der Waals surface area contributed by atoms with Gasteiger partial charge in [0.2, 0.25) is 5.91 Å². The smallest absolute Gasteiger partial charge is 0.332 e. The van der Waals surface area contributed by atoms with Crippen molar-refractivity contribution in [3.8, 4) is 0 Å². The van der Waals surface area contributed by atoms with Crippen molar-refractivity contribution < 1.29 is 14.0 Å². The Morgan fingerprint density at radius 3 is 2.53 bits per heavy atom. The van der Waals surface area contributed by atoms with Crippen LogP contribution in [0.5, 0.6) is 0 Å². The summed E-state index contributed by atoms with van der Waals surface area (Å²) in [6.45, 7) is 0.308. The van der Waals surface area contributed by atoms with Gasteiger partial charge >= 0.3 is 5.69 Å². The van der Waals surface area contributed by atoms with Crippen LogP contribution >= 0.6 is 0 Å². The SMILES string of the molecule is Cn1cnc2c1c(=O)n(CC(=O)NC1CCN(C(=O)c3ccccc3F)CC1)c(=O)n2C. The van der Waals surface area contributed by atoms with Gasteiger partial charge in [0.25, 0.3) is 11.5 Å². The lowest BCUT2D eigenvalue weighted by atomic mass is 10.0. The zero-order valence-corrected chi connectivity index (χ0v) is 17.7. The van der Waals surface area contributed by atoms with Crippen LogP contribution in [0, 0.1) is 5.82 Å². The number of imidazole rings is 1. The molecule has 0 spiro atoms. The lowest BCUT2D eigenvalue weighted by molar-refractivity contribution is -0.122. The van der Waals surface area contributed by atoms with Crippen molar-refractivity contribution >= 4 is 23.0 Å². The van der Waals surface area contributed by atoms with Gasteiger partial charge in [0, 0.05) is 33.2 Å². The molecule has 1 fully saturated rings. The number of aryl methyl sites for hydroxylation is 2. The molecule has 0 unspecified atom stereocenters. The molecule has 1 N–H and O–H groups in total. The number of piperidine rings is 1. The number of hydrogen-bond acceptors (Lipinski definition) is 5. The Balaban J connectivity index is 1.41. The molecule has 3 heterocycles. The highest BCUT2D eigenvalue weighted by molar-refractivity contribution is 5.94. The zero-order chi connectivity index (χ0) is 23.0. The summed E-state index contributed by atoms with van der Waals surface area (Å²) in [5.41, 5.74) is -0.688. The summed E-state index contributed by atoms with van der Waals surface area (Å²) in [7, 11) is 3.13. The summed E-state index contributed by atoms with van der Waals surface area (Å²) >= 11 is 0. The first kappa shape index (κ1) is 21.5. The molecule has 0 saturated carbocycles. The third-order valence-electron chi connectivity index (χ3n) is 5.75. The fraction of sp³-hybridized carbons (Fsp3) is 0.381. The first-order chi connectivity index (χ1) is 15.3. The highest BCUT2D eigenvalue weighted by Gasteiger charge is 2.26. The predicted molar refractivity (Wildman–Crippen MR) is 114 cm³/mol. The number of carbonyl (C=O) groups is 2. The maximum atomic E-state index is 13.9. The molecule has 168 valence electrons. The summed E-state index contributed by atoms with van der Waals surface area (Å²) in [4.78, 5) is 56.0. The molecule has 3 aromatic rings. The van der Waals surface area contributed by atoms with E-state index in [0.717, 1.165) is 4.57 Å². The van der Waals surface area contributed by atoms with Gasteiger partial charge < -0.3 is 14.8 Å². The highest BCUT2D eigenvalue weighted by Crippen LogP contribution is 2.16. The maximum absolute atomic E-state index is 13.9. The Hall–Kier alpha value is -3.76. The van der Waals surface area contributed by atoms with E-state index in [2.05, 4.69) is 10.3 Å². The van der Waals surface area contributed by atoms with Crippen LogP contribution in [0.2, 0.25) is 0 Å². The van der Waals surface area contributed by atoms with E-state index in [4.69, 9.17) is 0 Å². The Kier molecular flexibility index (Phi) is 5.64. The summed E-state index contributed by atoms with van der Waals surface area (Å²) in [5.74, 6) is -1.41. The van der Waals surface area contributed by atoms with Crippen LogP contribution in [0.4, 0.5) is 4.39 Å². The van der Waals surface area contributed by atoms with Crippen molar-refractivity contribution in [3.63, 3.8) is 0 Å². The standard InChI is InChI=1S/C21H23FN6O4/c1-25-12-23-18-17(25)20(31)28(21(32)26(18)2)11-16(29)24-13-7-9-27(10-8-13)19(30)14-5-3-4-6-15(14)22/h3-6,12-13H,7-11H2,1-2H3,(H,24,29). The lowest BCUT2D eigenvalue weighted by Crippen LogP contribution is -2.49. The molecular weight excluding hydrogens is 419 g/mol. The number of fused-ring (bicyclic) bond motifs is 1. The van der Waals surface area contributed by atoms with Crippen LogP contribution in [0.3, 0.4) is 0 Å². The number of likely N-dealkylation sites (tertiary alicyclic amines) is 1. The largest absolute Gasteiger partial charge is 0.352 e. The number of nitrogens with one attached hydrogen (secondary N) is 1. The van der Waals surface area contributed by atoms with Gasteiger partial charge in [-0.25, -0.2) is 18.7 Å². The molecule has 4 rings (SSSR count). The minimum Gasteiger partial charge on any atom is -0.352 e. The minimum atomic E-state index is -0.623. The second-order valence-electron chi connectivity index (χ2n) is 7.87. The maximum Gasteiger partial charge on any atom is 0.332 e. The van der Waals surface area contributed by atoms with Crippen molar-refractivity contribution in [1.29, 1.82) is 0 Å². The minimum absolute atomic E-state index is 0.0239. The molecule has 2 amide bonds. The van der Waals surface area contributed by atoms with Gasteiger partial charge in [-0.3, -0.25) is 19.0 Å². The summed E-state index contributed by atoms with van der Waals surface area (Å²) < 4.78 is 17.5. The number of rotatable bonds is 4. The first-order valence-electron chi connectivity index (χ1n) is 10.2. The molecule has 0 bridgehead atoms. The third-order valence-corrected chi connectivity index (χ3v) is 5.75. The van der Waals surface area contributed by atoms with Crippen LogP contribution in [0.15, 0.2) is 40.2 Å². The molecule has 1 aliphatic heterocycles. The van der Waals surface area contributed by atoms with Gasteiger partial charge in [0.15, 0.2) is 11.2 Å². The molecule has 1 aliphatic rings.